The van der Waals surface area contributed by atoms with E-state index in [1.165, 1.54) is 21.8 Å². The Morgan fingerprint density at radius 2 is 1.23 bits per heavy atom. The third-order valence-corrected chi connectivity index (χ3v) is 6.24. The van der Waals surface area contributed by atoms with Crippen LogP contribution >= 0.6 is 0 Å². The minimum absolute atomic E-state index is 0.343. The molecular weight excluding hydrogens is 369 g/mol. The molecule has 0 aliphatic carbocycles. The minimum atomic E-state index is -0.353. The lowest BCUT2D eigenvalue weighted by molar-refractivity contribution is 0.00578. The van der Waals surface area contributed by atoms with Crippen LogP contribution in [0.25, 0.3) is 27.5 Å². The lowest BCUT2D eigenvalue weighted by atomic mass is 9.78. The van der Waals surface area contributed by atoms with E-state index in [-0.39, 0.29) is 18.3 Å². The van der Waals surface area contributed by atoms with E-state index >= 15 is 0 Å². The highest BCUT2D eigenvalue weighted by molar-refractivity contribution is 6.62. The van der Waals surface area contributed by atoms with Gasteiger partial charge < -0.3 is 13.9 Å². The van der Waals surface area contributed by atoms with E-state index in [9.17, 15) is 0 Å². The molecule has 0 amide bonds. The van der Waals surface area contributed by atoms with Crippen molar-refractivity contribution in [3.8, 4) is 5.69 Å². The lowest BCUT2D eigenvalue weighted by Crippen LogP contribution is -2.41. The van der Waals surface area contributed by atoms with Crippen molar-refractivity contribution in [2.75, 3.05) is 0 Å². The predicted octanol–water partition coefficient (Wildman–Crippen LogP) is 6.11. The van der Waals surface area contributed by atoms with Crippen LogP contribution in [-0.2, 0) is 9.31 Å². The molecule has 1 aliphatic rings. The smallest absolute Gasteiger partial charge is 0.399 e. The van der Waals surface area contributed by atoms with Crippen LogP contribution in [0.15, 0.2) is 72.8 Å². The van der Waals surface area contributed by atoms with Crippen molar-refractivity contribution in [3.05, 3.63) is 72.8 Å². The third kappa shape index (κ3) is 3.25. The number of hydrogen-bond donors (Lipinski definition) is 0. The molecule has 3 nitrogen and oxygen atoms in total. The van der Waals surface area contributed by atoms with Gasteiger partial charge in [0.05, 0.1) is 22.2 Å². The van der Waals surface area contributed by atoms with Gasteiger partial charge >= 0.3 is 7.12 Å². The summed E-state index contributed by atoms with van der Waals surface area (Å²) >= 11 is 0. The topological polar surface area (TPSA) is 23.4 Å². The molecule has 4 heteroatoms. The van der Waals surface area contributed by atoms with E-state index in [1.54, 1.807) is 0 Å². The summed E-state index contributed by atoms with van der Waals surface area (Å²) in [6.07, 6.45) is 0. The molecule has 0 radical (unpaired) electrons. The summed E-state index contributed by atoms with van der Waals surface area (Å²) in [6, 6.07) is 25.6. The second kappa shape index (κ2) is 7.61. The van der Waals surface area contributed by atoms with Gasteiger partial charge in [-0.05, 0) is 57.4 Å². The van der Waals surface area contributed by atoms with E-state index in [4.69, 9.17) is 9.31 Å². The Balaban J connectivity index is 0.00000106. The number of benzene rings is 3. The summed E-state index contributed by atoms with van der Waals surface area (Å²) in [4.78, 5) is 0. The van der Waals surface area contributed by atoms with Gasteiger partial charge in [0.1, 0.15) is 0 Å². The largest absolute Gasteiger partial charge is 0.494 e. The molecule has 0 bridgehead atoms. The summed E-state index contributed by atoms with van der Waals surface area (Å²) in [5.41, 5.74) is 3.93. The SMILES string of the molecule is CC.CC1(C)OB(c2ccc3c(c2)c2ccccc2n3-c2ccccc2)OC1(C)C. The Kier molecular flexibility index (Phi) is 5.25. The van der Waals surface area contributed by atoms with Crippen LogP contribution in [0.5, 0.6) is 0 Å². The molecule has 4 aromatic rings. The normalized spacial score (nSPS) is 17.2. The average Bonchev–Trinajstić information content (AvgIpc) is 3.19. The number of hydrogen-bond acceptors (Lipinski definition) is 2. The Bertz CT molecular complexity index is 1160. The molecule has 0 saturated carbocycles. The number of para-hydroxylation sites is 2. The van der Waals surface area contributed by atoms with E-state index in [0.29, 0.717) is 0 Å². The van der Waals surface area contributed by atoms with Crippen LogP contribution < -0.4 is 5.46 Å². The van der Waals surface area contributed by atoms with Crippen molar-refractivity contribution in [3.63, 3.8) is 0 Å². The number of nitrogens with zero attached hydrogens (tertiary/aromatic N) is 1. The predicted molar refractivity (Wildman–Crippen MR) is 128 cm³/mol. The quantitative estimate of drug-likeness (QED) is 0.380. The molecule has 1 saturated heterocycles. The minimum Gasteiger partial charge on any atom is -0.399 e. The zero-order valence-corrected chi connectivity index (χ0v) is 18.8. The van der Waals surface area contributed by atoms with Crippen molar-refractivity contribution < 1.29 is 9.31 Å². The lowest BCUT2D eigenvalue weighted by Gasteiger charge is -2.32. The van der Waals surface area contributed by atoms with Crippen molar-refractivity contribution in [2.45, 2.75) is 52.7 Å². The molecular formula is C26H30BNO2. The van der Waals surface area contributed by atoms with E-state index in [1.807, 2.05) is 19.9 Å². The fourth-order valence-electron chi connectivity index (χ4n) is 3.97. The second-order valence-corrected chi connectivity index (χ2v) is 8.55. The van der Waals surface area contributed by atoms with Crippen LogP contribution in [-0.4, -0.2) is 22.9 Å². The van der Waals surface area contributed by atoms with E-state index < -0.39 is 0 Å². The van der Waals surface area contributed by atoms with Gasteiger partial charge in [-0.15, -0.1) is 0 Å². The van der Waals surface area contributed by atoms with Gasteiger partial charge in [-0.25, -0.2) is 0 Å². The van der Waals surface area contributed by atoms with Gasteiger partial charge in [0.25, 0.3) is 0 Å². The van der Waals surface area contributed by atoms with Gasteiger partial charge in [0, 0.05) is 16.5 Å². The van der Waals surface area contributed by atoms with Gasteiger partial charge in [0.15, 0.2) is 0 Å². The fraction of sp³-hybridized carbons (Fsp3) is 0.308. The van der Waals surface area contributed by atoms with Crippen LogP contribution in [0.2, 0.25) is 0 Å². The first-order valence-electron chi connectivity index (χ1n) is 10.8. The third-order valence-electron chi connectivity index (χ3n) is 6.24. The van der Waals surface area contributed by atoms with Gasteiger partial charge in [-0.1, -0.05) is 62.4 Å². The van der Waals surface area contributed by atoms with Gasteiger partial charge in [-0.2, -0.15) is 0 Å². The van der Waals surface area contributed by atoms with Crippen molar-refractivity contribution >= 4 is 34.4 Å². The number of rotatable bonds is 2. The second-order valence-electron chi connectivity index (χ2n) is 8.55. The monoisotopic (exact) mass is 399 g/mol. The molecule has 30 heavy (non-hydrogen) atoms. The average molecular weight is 399 g/mol. The summed E-state index contributed by atoms with van der Waals surface area (Å²) in [5, 5.41) is 2.45. The molecule has 1 aromatic heterocycles. The highest BCUT2D eigenvalue weighted by Gasteiger charge is 2.51. The van der Waals surface area contributed by atoms with Crippen LogP contribution in [0.1, 0.15) is 41.5 Å². The maximum Gasteiger partial charge on any atom is 0.494 e. The van der Waals surface area contributed by atoms with Crippen LogP contribution in [0, 0.1) is 0 Å². The Morgan fingerprint density at radius 3 is 1.90 bits per heavy atom. The summed E-state index contributed by atoms with van der Waals surface area (Å²) in [6.45, 7) is 12.4. The van der Waals surface area contributed by atoms with Crippen LogP contribution in [0.3, 0.4) is 0 Å². The molecule has 0 N–H and O–H groups in total. The maximum atomic E-state index is 6.27. The first-order chi connectivity index (χ1) is 14.4. The molecule has 154 valence electrons. The molecule has 1 fully saturated rings. The van der Waals surface area contributed by atoms with Crippen LogP contribution in [0.4, 0.5) is 0 Å². The Hall–Kier alpha value is -2.56. The standard InChI is InChI=1S/C24H24BNO2.C2H6/c1-23(2)24(3,4)28-25(27-23)17-14-15-22-20(16-17)19-12-8-9-13-21(19)26(22)18-10-6-5-7-11-18;1-2/h5-16H,1-4H3;1-2H3. The molecule has 2 heterocycles. The summed E-state index contributed by atoms with van der Waals surface area (Å²) < 4.78 is 14.9. The van der Waals surface area contributed by atoms with Crippen molar-refractivity contribution in [1.29, 1.82) is 0 Å². The first-order valence-corrected chi connectivity index (χ1v) is 10.8. The molecule has 5 rings (SSSR count). The summed E-state index contributed by atoms with van der Waals surface area (Å²) in [7, 11) is -0.353. The van der Waals surface area contributed by atoms with Crippen molar-refractivity contribution in [2.24, 2.45) is 0 Å². The highest BCUT2D eigenvalue weighted by Crippen LogP contribution is 2.37. The molecule has 0 atom stereocenters. The Labute approximate surface area is 179 Å². The van der Waals surface area contributed by atoms with E-state index in [2.05, 4.69) is 99.0 Å². The fourth-order valence-corrected chi connectivity index (χ4v) is 3.97. The zero-order chi connectivity index (χ0) is 21.5. The molecule has 3 aromatic carbocycles. The highest BCUT2D eigenvalue weighted by atomic mass is 16.7. The summed E-state index contributed by atoms with van der Waals surface area (Å²) in [5.74, 6) is 0. The Morgan fingerprint density at radius 1 is 0.667 bits per heavy atom. The molecule has 0 spiro atoms. The zero-order valence-electron chi connectivity index (χ0n) is 18.8. The van der Waals surface area contributed by atoms with E-state index in [0.717, 1.165) is 11.2 Å². The van der Waals surface area contributed by atoms with Gasteiger partial charge in [-0.3, -0.25) is 0 Å². The molecule has 1 aliphatic heterocycles. The number of fused-ring (bicyclic) bond motifs is 3. The van der Waals surface area contributed by atoms with Gasteiger partial charge in [0.2, 0.25) is 0 Å². The van der Waals surface area contributed by atoms with Crippen molar-refractivity contribution in [1.82, 2.24) is 4.57 Å². The molecule has 0 unspecified atom stereocenters. The first kappa shape index (κ1) is 20.7. The number of aromatic nitrogens is 1. The maximum absolute atomic E-state index is 6.27.